The number of nitrogens with zero attached hydrogens (tertiary/aromatic N) is 2. The Bertz CT molecular complexity index is 1300. The van der Waals surface area contributed by atoms with Crippen LogP contribution in [-0.2, 0) is 22.2 Å². The van der Waals surface area contributed by atoms with Gasteiger partial charge < -0.3 is 15.0 Å². The molecule has 2 aromatic rings. The van der Waals surface area contributed by atoms with Crippen LogP contribution < -0.4 is 5.32 Å². The average Bonchev–Trinajstić information content (AvgIpc) is 3.19. The zero-order valence-corrected chi connectivity index (χ0v) is 24.1. The summed E-state index contributed by atoms with van der Waals surface area (Å²) in [5.41, 5.74) is 0.145. The van der Waals surface area contributed by atoms with Crippen molar-refractivity contribution in [3.8, 4) is 0 Å². The molecule has 0 aromatic heterocycles. The maximum atomic E-state index is 14.0. The fourth-order valence-corrected chi connectivity index (χ4v) is 6.12. The van der Waals surface area contributed by atoms with Crippen LogP contribution in [0.4, 0.5) is 13.2 Å². The molecule has 1 unspecified atom stereocenters. The van der Waals surface area contributed by atoms with Crippen LogP contribution in [0.15, 0.2) is 53.5 Å². The number of alkyl halides is 3. The van der Waals surface area contributed by atoms with E-state index in [2.05, 4.69) is 26.1 Å². The second-order valence-electron chi connectivity index (χ2n) is 12.3. The second kappa shape index (κ2) is 11.8. The van der Waals surface area contributed by atoms with Gasteiger partial charge in [0, 0.05) is 30.1 Å². The molecule has 1 spiro atoms. The Labute approximate surface area is 239 Å². The highest BCUT2D eigenvalue weighted by atomic mass is 19.4. The lowest BCUT2D eigenvalue weighted by molar-refractivity contribution is -0.137. The first kappa shape index (κ1) is 30.5. The van der Waals surface area contributed by atoms with E-state index in [1.807, 2.05) is 19.1 Å². The molecule has 1 aliphatic carbocycles. The highest BCUT2D eigenvalue weighted by molar-refractivity contribution is 6.46. The van der Waals surface area contributed by atoms with Gasteiger partial charge in [0.1, 0.15) is 17.7 Å². The summed E-state index contributed by atoms with van der Waals surface area (Å²) in [6, 6.07) is 11.7. The first-order valence-corrected chi connectivity index (χ1v) is 14.2. The van der Waals surface area contributed by atoms with E-state index < -0.39 is 17.4 Å². The Hall–Kier alpha value is -3.49. The molecule has 1 fully saturated rings. The van der Waals surface area contributed by atoms with Crippen LogP contribution in [0, 0.1) is 11.3 Å². The molecule has 1 saturated carbocycles. The van der Waals surface area contributed by atoms with E-state index in [-0.39, 0.29) is 47.5 Å². The third-order valence-electron chi connectivity index (χ3n) is 8.40. The number of aldehydes is 1. The number of nitrogens with one attached hydrogen (secondary N) is 1. The maximum Gasteiger partial charge on any atom is 0.416 e. The summed E-state index contributed by atoms with van der Waals surface area (Å²) in [7, 11) is 0. The molecule has 1 N–H and O–H groups in total. The van der Waals surface area contributed by atoms with Crippen molar-refractivity contribution in [3.05, 3.63) is 70.8 Å². The summed E-state index contributed by atoms with van der Waals surface area (Å²) in [5, 5.41) is 2.69. The summed E-state index contributed by atoms with van der Waals surface area (Å²) < 4.78 is 40.5. The molecule has 0 radical (unpaired) electrons. The van der Waals surface area contributed by atoms with E-state index in [0.29, 0.717) is 30.7 Å². The van der Waals surface area contributed by atoms with Crippen molar-refractivity contribution in [3.63, 3.8) is 0 Å². The molecule has 4 rings (SSSR count). The van der Waals surface area contributed by atoms with Gasteiger partial charge in [-0.15, -0.1) is 0 Å². The van der Waals surface area contributed by atoms with Gasteiger partial charge in [0.2, 0.25) is 0 Å². The minimum absolute atomic E-state index is 0.0829. The molecular weight excluding hydrogens is 531 g/mol. The molecule has 2 amide bonds. The van der Waals surface area contributed by atoms with Crippen molar-refractivity contribution in [2.75, 3.05) is 6.54 Å². The highest BCUT2D eigenvalue weighted by Gasteiger charge is 2.51. The lowest BCUT2D eigenvalue weighted by Gasteiger charge is -2.46. The lowest BCUT2D eigenvalue weighted by Crippen LogP contribution is -2.54. The summed E-state index contributed by atoms with van der Waals surface area (Å²) in [4.78, 5) is 43.5. The van der Waals surface area contributed by atoms with Crippen molar-refractivity contribution in [1.82, 2.24) is 10.2 Å². The second-order valence-corrected chi connectivity index (χ2v) is 12.3. The number of carbonyl (C=O) groups is 3. The van der Waals surface area contributed by atoms with Gasteiger partial charge in [-0.2, -0.15) is 13.2 Å². The summed E-state index contributed by atoms with van der Waals surface area (Å²) in [5.74, 6) is -0.162. The van der Waals surface area contributed by atoms with Crippen LogP contribution in [0.5, 0.6) is 0 Å². The fourth-order valence-electron chi connectivity index (χ4n) is 6.12. The zero-order chi connectivity index (χ0) is 30.0. The van der Waals surface area contributed by atoms with Crippen LogP contribution in [0.25, 0.3) is 0 Å². The summed E-state index contributed by atoms with van der Waals surface area (Å²) in [6.07, 6.45) is -0.00984. The standard InChI is InChI=1S/C32H38F3N3O3/c1-21(19-22-9-11-23(12-10-22)28(40)36-17-6-18-39)38-29(41)27(24-7-5-8-26(20-24)32(33,34)35)37-31(38)15-13-25(14-16-31)30(2,3)4/h5,7-12,18,20-21,25H,6,13-17,19H2,1-4H3,(H,36,40). The molecule has 2 aliphatic rings. The van der Waals surface area contributed by atoms with Gasteiger partial charge in [0.25, 0.3) is 11.8 Å². The van der Waals surface area contributed by atoms with E-state index in [1.165, 1.54) is 12.1 Å². The van der Waals surface area contributed by atoms with Crippen LogP contribution in [0.2, 0.25) is 0 Å². The Morgan fingerprint density at radius 1 is 1.12 bits per heavy atom. The number of hydrogen-bond donors (Lipinski definition) is 1. The number of benzene rings is 2. The molecule has 2 aromatic carbocycles. The molecule has 220 valence electrons. The predicted molar refractivity (Wildman–Crippen MR) is 152 cm³/mol. The molecular formula is C32H38F3N3O3. The number of carbonyl (C=O) groups excluding carboxylic acids is 3. The monoisotopic (exact) mass is 569 g/mol. The topological polar surface area (TPSA) is 78.8 Å². The van der Waals surface area contributed by atoms with E-state index in [1.54, 1.807) is 17.0 Å². The first-order valence-electron chi connectivity index (χ1n) is 14.2. The molecule has 0 bridgehead atoms. The van der Waals surface area contributed by atoms with Crippen molar-refractivity contribution in [2.24, 2.45) is 16.3 Å². The Morgan fingerprint density at radius 3 is 2.37 bits per heavy atom. The smallest absolute Gasteiger partial charge is 0.352 e. The zero-order valence-electron chi connectivity index (χ0n) is 24.1. The van der Waals surface area contributed by atoms with Crippen molar-refractivity contribution in [2.45, 2.75) is 84.1 Å². The van der Waals surface area contributed by atoms with E-state index in [4.69, 9.17) is 4.99 Å². The molecule has 1 aliphatic heterocycles. The number of rotatable bonds is 8. The van der Waals surface area contributed by atoms with Crippen molar-refractivity contribution in [1.29, 1.82) is 0 Å². The number of halogens is 3. The maximum absolute atomic E-state index is 14.0. The van der Waals surface area contributed by atoms with Gasteiger partial charge in [-0.05, 0) is 80.2 Å². The van der Waals surface area contributed by atoms with Crippen LogP contribution in [0.3, 0.4) is 0 Å². The quantitative estimate of drug-likeness (QED) is 0.303. The van der Waals surface area contributed by atoms with Gasteiger partial charge in [0.15, 0.2) is 0 Å². The van der Waals surface area contributed by atoms with Gasteiger partial charge in [0.05, 0.1) is 5.56 Å². The predicted octanol–water partition coefficient (Wildman–Crippen LogP) is 6.22. The van der Waals surface area contributed by atoms with Crippen LogP contribution in [-0.4, -0.2) is 47.0 Å². The van der Waals surface area contributed by atoms with Gasteiger partial charge >= 0.3 is 6.18 Å². The van der Waals surface area contributed by atoms with Gasteiger partial charge in [-0.25, -0.2) is 0 Å². The minimum Gasteiger partial charge on any atom is -0.352 e. The van der Waals surface area contributed by atoms with Crippen LogP contribution in [0.1, 0.15) is 86.8 Å². The SMILES string of the molecule is CC(Cc1ccc(C(=O)NCCC=O)cc1)N1C(=O)C(c2cccc(C(F)(F)F)c2)=NC12CCC(C(C)(C)C)CC2. The summed E-state index contributed by atoms with van der Waals surface area (Å²) in [6.45, 7) is 8.84. The highest BCUT2D eigenvalue weighted by Crippen LogP contribution is 2.47. The van der Waals surface area contributed by atoms with E-state index in [0.717, 1.165) is 36.8 Å². The largest absolute Gasteiger partial charge is 0.416 e. The third-order valence-corrected chi connectivity index (χ3v) is 8.40. The van der Waals surface area contributed by atoms with Crippen molar-refractivity contribution < 1.29 is 27.6 Å². The molecule has 1 heterocycles. The third kappa shape index (κ3) is 6.71. The lowest BCUT2D eigenvalue weighted by atomic mass is 9.69. The number of aliphatic imine (C=N–C) groups is 1. The molecule has 1 atom stereocenters. The molecule has 41 heavy (non-hydrogen) atoms. The van der Waals surface area contributed by atoms with Crippen LogP contribution >= 0.6 is 0 Å². The minimum atomic E-state index is -4.52. The number of amides is 2. The van der Waals surface area contributed by atoms with E-state index >= 15 is 0 Å². The number of hydrogen-bond acceptors (Lipinski definition) is 4. The fraction of sp³-hybridized carbons (Fsp3) is 0.500. The normalized spacial score (nSPS) is 22.0. The molecule has 9 heteroatoms. The Kier molecular flexibility index (Phi) is 8.76. The van der Waals surface area contributed by atoms with Gasteiger partial charge in [-0.3, -0.25) is 14.6 Å². The van der Waals surface area contributed by atoms with Crippen molar-refractivity contribution >= 4 is 23.8 Å². The molecule has 0 saturated heterocycles. The Balaban J connectivity index is 1.60. The van der Waals surface area contributed by atoms with E-state index in [9.17, 15) is 27.6 Å². The Morgan fingerprint density at radius 2 is 1.78 bits per heavy atom. The molecule has 6 nitrogen and oxygen atoms in total. The average molecular weight is 570 g/mol. The van der Waals surface area contributed by atoms with Gasteiger partial charge in [-0.1, -0.05) is 45.0 Å². The first-order chi connectivity index (χ1) is 19.2. The summed E-state index contributed by atoms with van der Waals surface area (Å²) >= 11 is 0.